The second-order valence-corrected chi connectivity index (χ2v) is 6.58. The van der Waals surface area contributed by atoms with Gasteiger partial charge >= 0.3 is 5.97 Å². The molecule has 0 bridgehead atoms. The van der Waals surface area contributed by atoms with Crippen LogP contribution in [0.2, 0.25) is 0 Å². The number of carbonyl (C=O) groups excluding carboxylic acids is 2. The number of amides is 1. The molecule has 2 aromatic heterocycles. The Morgan fingerprint density at radius 2 is 2.08 bits per heavy atom. The molecule has 0 saturated heterocycles. The van der Waals surface area contributed by atoms with E-state index in [1.54, 1.807) is 30.5 Å². The fraction of sp³-hybridized carbons (Fsp3) is 0.263. The maximum atomic E-state index is 12.5. The van der Waals surface area contributed by atoms with Crippen molar-refractivity contribution >= 4 is 28.6 Å². The van der Waals surface area contributed by atoms with Crippen LogP contribution in [0, 0.1) is 0 Å². The van der Waals surface area contributed by atoms with Crippen molar-refractivity contribution in [3.8, 4) is 5.75 Å². The molecule has 1 aromatic carbocycles. The van der Waals surface area contributed by atoms with Crippen molar-refractivity contribution in [3.63, 3.8) is 0 Å². The zero-order valence-electron chi connectivity index (χ0n) is 14.5. The van der Waals surface area contributed by atoms with Gasteiger partial charge in [0.2, 0.25) is 5.91 Å². The van der Waals surface area contributed by atoms with E-state index in [1.807, 2.05) is 18.5 Å². The summed E-state index contributed by atoms with van der Waals surface area (Å²) in [7, 11) is 0. The van der Waals surface area contributed by atoms with Crippen LogP contribution >= 0.6 is 0 Å². The largest absolute Gasteiger partial charge is 0.423 e. The Hall–Kier alpha value is -3.22. The van der Waals surface area contributed by atoms with Gasteiger partial charge in [-0.2, -0.15) is 5.10 Å². The van der Waals surface area contributed by atoms with Crippen molar-refractivity contribution in [1.82, 2.24) is 14.8 Å². The lowest BCUT2D eigenvalue weighted by Gasteiger charge is -2.17. The Morgan fingerprint density at radius 3 is 2.88 bits per heavy atom. The minimum absolute atomic E-state index is 0.00330. The highest BCUT2D eigenvalue weighted by molar-refractivity contribution is 5.95. The number of benzene rings is 1. The summed E-state index contributed by atoms with van der Waals surface area (Å²) >= 11 is 0. The third-order valence-electron chi connectivity index (χ3n) is 4.34. The molecule has 4 rings (SSSR count). The summed E-state index contributed by atoms with van der Waals surface area (Å²) in [6.45, 7) is 4.05. The average molecular weight is 350 g/mol. The molecule has 3 heterocycles. The fourth-order valence-corrected chi connectivity index (χ4v) is 3.02. The van der Waals surface area contributed by atoms with Crippen LogP contribution < -0.4 is 10.1 Å². The van der Waals surface area contributed by atoms with Crippen LogP contribution in [0.5, 0.6) is 5.75 Å². The molecule has 1 amide bonds. The first-order valence-corrected chi connectivity index (χ1v) is 8.49. The van der Waals surface area contributed by atoms with Gasteiger partial charge < -0.3 is 10.1 Å². The van der Waals surface area contributed by atoms with Gasteiger partial charge in [0.05, 0.1) is 11.8 Å². The number of aryl methyl sites for hydroxylation is 1. The van der Waals surface area contributed by atoms with Crippen LogP contribution in [0.3, 0.4) is 0 Å². The summed E-state index contributed by atoms with van der Waals surface area (Å²) in [5.41, 5.74) is 2.83. The van der Waals surface area contributed by atoms with Gasteiger partial charge in [0.15, 0.2) is 5.65 Å². The van der Waals surface area contributed by atoms with E-state index < -0.39 is 5.97 Å². The minimum Gasteiger partial charge on any atom is -0.423 e. The van der Waals surface area contributed by atoms with Crippen molar-refractivity contribution in [2.45, 2.75) is 32.7 Å². The second kappa shape index (κ2) is 6.25. The van der Waals surface area contributed by atoms with E-state index in [-0.39, 0.29) is 11.9 Å². The molecule has 0 radical (unpaired) electrons. The monoisotopic (exact) mass is 350 g/mol. The minimum atomic E-state index is -0.475. The SMILES string of the molecule is CC(C)n1ncc2cc(C(=O)Oc3ccc4c(c3)CCC(=O)N4)cnc21. The van der Waals surface area contributed by atoms with Crippen LogP contribution in [-0.4, -0.2) is 26.6 Å². The predicted octanol–water partition coefficient (Wildman–Crippen LogP) is 3.12. The molecule has 1 aliphatic heterocycles. The molecule has 132 valence electrons. The van der Waals surface area contributed by atoms with E-state index in [0.717, 1.165) is 22.3 Å². The first kappa shape index (κ1) is 16.3. The number of pyridine rings is 1. The van der Waals surface area contributed by atoms with Crippen LogP contribution in [0.15, 0.2) is 36.7 Å². The number of carbonyl (C=O) groups is 2. The van der Waals surface area contributed by atoms with Gasteiger partial charge in [0, 0.05) is 29.7 Å². The third-order valence-corrected chi connectivity index (χ3v) is 4.34. The standard InChI is InChI=1S/C19H18N4O3/c1-11(2)23-18-13(10-21-23)7-14(9-20-18)19(25)26-15-4-5-16-12(8-15)3-6-17(24)22-16/h4-5,7-11H,3,6H2,1-2H3,(H,22,24). The Kier molecular flexibility index (Phi) is 3.91. The first-order valence-electron chi connectivity index (χ1n) is 8.49. The quantitative estimate of drug-likeness (QED) is 0.579. The molecule has 0 saturated carbocycles. The van der Waals surface area contributed by atoms with Crippen LogP contribution in [-0.2, 0) is 11.2 Å². The van der Waals surface area contributed by atoms with E-state index in [1.165, 1.54) is 6.20 Å². The predicted molar refractivity (Wildman–Crippen MR) is 96.3 cm³/mol. The highest BCUT2D eigenvalue weighted by Crippen LogP contribution is 2.27. The summed E-state index contributed by atoms with van der Waals surface area (Å²) in [5.74, 6) is -0.0251. The van der Waals surface area contributed by atoms with Crippen LogP contribution in [0.4, 0.5) is 5.69 Å². The smallest absolute Gasteiger partial charge is 0.345 e. The van der Waals surface area contributed by atoms with E-state index in [0.29, 0.717) is 24.2 Å². The first-order chi connectivity index (χ1) is 12.5. The second-order valence-electron chi connectivity index (χ2n) is 6.58. The summed E-state index contributed by atoms with van der Waals surface area (Å²) in [6.07, 6.45) is 4.27. The summed E-state index contributed by atoms with van der Waals surface area (Å²) in [4.78, 5) is 28.2. The zero-order valence-corrected chi connectivity index (χ0v) is 14.5. The normalized spacial score (nSPS) is 13.6. The van der Waals surface area contributed by atoms with Crippen molar-refractivity contribution in [2.24, 2.45) is 0 Å². The van der Waals surface area contributed by atoms with Gasteiger partial charge in [0.1, 0.15) is 5.75 Å². The Labute approximate surface area is 150 Å². The van der Waals surface area contributed by atoms with Gasteiger partial charge in [-0.05, 0) is 50.1 Å². The molecule has 0 fully saturated rings. The molecule has 1 N–H and O–H groups in total. The lowest BCUT2D eigenvalue weighted by atomic mass is 10.0. The molecular weight excluding hydrogens is 332 g/mol. The number of ether oxygens (including phenoxy) is 1. The van der Waals surface area contributed by atoms with Crippen molar-refractivity contribution in [3.05, 3.63) is 47.8 Å². The molecule has 7 nitrogen and oxygen atoms in total. The highest BCUT2D eigenvalue weighted by atomic mass is 16.5. The molecule has 1 aliphatic rings. The molecule has 0 unspecified atom stereocenters. The number of hydrogen-bond acceptors (Lipinski definition) is 5. The molecule has 7 heteroatoms. The van der Waals surface area contributed by atoms with Gasteiger partial charge in [-0.25, -0.2) is 14.5 Å². The number of fused-ring (bicyclic) bond motifs is 2. The fourth-order valence-electron chi connectivity index (χ4n) is 3.02. The zero-order chi connectivity index (χ0) is 18.3. The number of nitrogens with zero attached hydrogens (tertiary/aromatic N) is 3. The van der Waals surface area contributed by atoms with Crippen LogP contribution in [0.1, 0.15) is 42.2 Å². The van der Waals surface area contributed by atoms with Crippen molar-refractivity contribution < 1.29 is 14.3 Å². The van der Waals surface area contributed by atoms with Gasteiger partial charge in [-0.1, -0.05) is 0 Å². The summed E-state index contributed by atoms with van der Waals surface area (Å²) in [5, 5.41) is 7.90. The lowest BCUT2D eigenvalue weighted by molar-refractivity contribution is -0.116. The summed E-state index contributed by atoms with van der Waals surface area (Å²) in [6, 6.07) is 7.13. The topological polar surface area (TPSA) is 86.1 Å². The molecule has 0 atom stereocenters. The Bertz CT molecular complexity index is 1020. The third kappa shape index (κ3) is 2.92. The van der Waals surface area contributed by atoms with Crippen LogP contribution in [0.25, 0.3) is 11.0 Å². The van der Waals surface area contributed by atoms with E-state index >= 15 is 0 Å². The lowest BCUT2D eigenvalue weighted by Crippen LogP contribution is -2.19. The van der Waals surface area contributed by atoms with Gasteiger partial charge in [0.25, 0.3) is 0 Å². The molecule has 3 aromatic rings. The summed E-state index contributed by atoms with van der Waals surface area (Å²) < 4.78 is 7.29. The number of aromatic nitrogens is 3. The number of esters is 1. The number of nitrogens with one attached hydrogen (secondary N) is 1. The molecule has 0 spiro atoms. The van der Waals surface area contributed by atoms with Gasteiger partial charge in [-0.3, -0.25) is 4.79 Å². The van der Waals surface area contributed by atoms with E-state index in [4.69, 9.17) is 4.74 Å². The van der Waals surface area contributed by atoms with Gasteiger partial charge in [-0.15, -0.1) is 0 Å². The maximum absolute atomic E-state index is 12.5. The maximum Gasteiger partial charge on any atom is 0.345 e. The van der Waals surface area contributed by atoms with E-state index in [9.17, 15) is 9.59 Å². The number of rotatable bonds is 3. The number of hydrogen-bond donors (Lipinski definition) is 1. The Morgan fingerprint density at radius 1 is 1.23 bits per heavy atom. The highest BCUT2D eigenvalue weighted by Gasteiger charge is 2.17. The van der Waals surface area contributed by atoms with Crippen molar-refractivity contribution in [1.29, 1.82) is 0 Å². The van der Waals surface area contributed by atoms with E-state index in [2.05, 4.69) is 15.4 Å². The number of anilines is 1. The molecule has 0 aliphatic carbocycles. The molecular formula is C19H18N4O3. The Balaban J connectivity index is 1.56. The average Bonchev–Trinajstić information content (AvgIpc) is 3.05. The van der Waals surface area contributed by atoms with Crippen molar-refractivity contribution in [2.75, 3.05) is 5.32 Å². The molecule has 26 heavy (non-hydrogen) atoms.